The maximum Gasteiger partial charge on any atom is 0.243 e. The van der Waals surface area contributed by atoms with Gasteiger partial charge in [-0.15, -0.1) is 5.10 Å². The third kappa shape index (κ3) is 3.99. The normalized spacial score (nSPS) is 20.0. The van der Waals surface area contributed by atoms with E-state index in [0.29, 0.717) is 25.1 Å². The van der Waals surface area contributed by atoms with E-state index in [1.54, 1.807) is 52.4 Å². The molecule has 3 aromatic rings. The molecule has 1 aliphatic rings. The largest absolute Gasteiger partial charge is 0.243 e. The second-order valence-corrected chi connectivity index (χ2v) is 9.55. The van der Waals surface area contributed by atoms with Gasteiger partial charge < -0.3 is 0 Å². The molecule has 158 valence electrons. The highest BCUT2D eigenvalue weighted by atomic mass is 32.2. The minimum absolute atomic E-state index is 0.192. The van der Waals surface area contributed by atoms with Crippen LogP contribution in [0, 0.1) is 12.7 Å². The van der Waals surface area contributed by atoms with E-state index in [1.165, 1.54) is 12.1 Å². The molecule has 1 aliphatic heterocycles. The number of hydrogen-bond acceptors (Lipinski definition) is 5. The van der Waals surface area contributed by atoms with Crippen molar-refractivity contribution >= 4 is 10.0 Å². The Morgan fingerprint density at radius 3 is 2.40 bits per heavy atom. The molecule has 0 bridgehead atoms. The zero-order valence-electron chi connectivity index (χ0n) is 16.9. The Hall–Kier alpha value is -2.65. The molecular formula is C21H24FN5O2S. The van der Waals surface area contributed by atoms with Gasteiger partial charge in [-0.3, -0.25) is 0 Å². The van der Waals surface area contributed by atoms with E-state index in [9.17, 15) is 12.8 Å². The van der Waals surface area contributed by atoms with Gasteiger partial charge in [-0.2, -0.15) is 4.31 Å². The predicted molar refractivity (Wildman–Crippen MR) is 109 cm³/mol. The van der Waals surface area contributed by atoms with Gasteiger partial charge in [0.05, 0.1) is 10.9 Å². The fourth-order valence-electron chi connectivity index (χ4n) is 4.08. The summed E-state index contributed by atoms with van der Waals surface area (Å²) in [6.07, 6.45) is 2.58. The van der Waals surface area contributed by atoms with Gasteiger partial charge in [-0.05, 0) is 66.4 Å². The van der Waals surface area contributed by atoms with Crippen molar-refractivity contribution in [2.75, 3.05) is 0 Å². The summed E-state index contributed by atoms with van der Waals surface area (Å²) in [5, 5.41) is 11.5. The number of tetrazole rings is 1. The van der Waals surface area contributed by atoms with Crippen molar-refractivity contribution in [3.63, 3.8) is 0 Å². The quantitative estimate of drug-likeness (QED) is 0.601. The van der Waals surface area contributed by atoms with E-state index >= 15 is 0 Å². The van der Waals surface area contributed by atoms with Crippen molar-refractivity contribution in [2.24, 2.45) is 7.05 Å². The van der Waals surface area contributed by atoms with Gasteiger partial charge in [0.15, 0.2) is 5.82 Å². The van der Waals surface area contributed by atoms with E-state index in [2.05, 4.69) is 15.5 Å². The molecule has 0 spiro atoms. The maximum atomic E-state index is 13.6. The molecule has 0 aliphatic carbocycles. The lowest BCUT2D eigenvalue weighted by Crippen LogP contribution is -2.37. The van der Waals surface area contributed by atoms with Crippen LogP contribution in [0.5, 0.6) is 0 Å². The highest BCUT2D eigenvalue weighted by molar-refractivity contribution is 7.89. The molecular weight excluding hydrogens is 405 g/mol. The van der Waals surface area contributed by atoms with E-state index in [4.69, 9.17) is 0 Å². The first-order valence-corrected chi connectivity index (χ1v) is 11.4. The Morgan fingerprint density at radius 1 is 1.07 bits per heavy atom. The van der Waals surface area contributed by atoms with Crippen molar-refractivity contribution in [3.05, 3.63) is 71.3 Å². The van der Waals surface area contributed by atoms with Gasteiger partial charge in [0.25, 0.3) is 0 Å². The molecule has 7 nitrogen and oxygen atoms in total. The molecule has 9 heteroatoms. The first kappa shape index (κ1) is 20.6. The zero-order valence-corrected chi connectivity index (χ0v) is 17.8. The maximum absolute atomic E-state index is 13.6. The predicted octanol–water partition coefficient (Wildman–Crippen LogP) is 3.18. The monoisotopic (exact) mass is 429 g/mol. The van der Waals surface area contributed by atoms with Gasteiger partial charge in [-0.1, -0.05) is 29.8 Å². The van der Waals surface area contributed by atoms with Crippen molar-refractivity contribution in [1.82, 2.24) is 24.5 Å². The van der Waals surface area contributed by atoms with Crippen LogP contribution in [0.25, 0.3) is 0 Å². The number of rotatable bonds is 6. The van der Waals surface area contributed by atoms with Crippen molar-refractivity contribution in [1.29, 1.82) is 0 Å². The van der Waals surface area contributed by atoms with Crippen LogP contribution in [0.2, 0.25) is 0 Å². The second-order valence-electron chi connectivity index (χ2n) is 7.70. The number of aromatic nitrogens is 4. The van der Waals surface area contributed by atoms with Crippen molar-refractivity contribution < 1.29 is 12.8 Å². The van der Waals surface area contributed by atoms with Crippen LogP contribution in [0.4, 0.5) is 4.39 Å². The SMILES string of the molecule is Cc1ccc(S(=O)(=O)N2C(CCc3nnnn3C)CCC2c2ccc(F)cc2)cc1. The number of sulfonamides is 1. The fraction of sp³-hybridized carbons (Fsp3) is 0.381. The topological polar surface area (TPSA) is 81.0 Å². The van der Waals surface area contributed by atoms with Crippen LogP contribution in [0.1, 0.15) is 42.3 Å². The van der Waals surface area contributed by atoms with Crippen LogP contribution in [-0.2, 0) is 23.5 Å². The molecule has 1 saturated heterocycles. The van der Waals surface area contributed by atoms with Crippen LogP contribution < -0.4 is 0 Å². The van der Waals surface area contributed by atoms with E-state index in [-0.39, 0.29) is 22.8 Å². The Bertz CT molecular complexity index is 1110. The molecule has 2 unspecified atom stereocenters. The number of halogens is 1. The molecule has 30 heavy (non-hydrogen) atoms. The lowest BCUT2D eigenvalue weighted by Gasteiger charge is -2.30. The first-order chi connectivity index (χ1) is 14.4. The summed E-state index contributed by atoms with van der Waals surface area (Å²) < 4.78 is 43.9. The van der Waals surface area contributed by atoms with Gasteiger partial charge >= 0.3 is 0 Å². The molecule has 2 heterocycles. The molecule has 2 atom stereocenters. The highest BCUT2D eigenvalue weighted by Gasteiger charge is 2.42. The lowest BCUT2D eigenvalue weighted by molar-refractivity contribution is 0.311. The Labute approximate surface area is 175 Å². The van der Waals surface area contributed by atoms with Gasteiger partial charge in [0.1, 0.15) is 5.82 Å². The first-order valence-electron chi connectivity index (χ1n) is 9.93. The summed E-state index contributed by atoms with van der Waals surface area (Å²) in [5.74, 6) is 0.379. The Morgan fingerprint density at radius 2 is 1.77 bits per heavy atom. The number of nitrogens with zero attached hydrogens (tertiary/aromatic N) is 5. The third-order valence-corrected chi connectivity index (χ3v) is 7.68. The van der Waals surface area contributed by atoms with Gasteiger partial charge in [0.2, 0.25) is 10.0 Å². The van der Waals surface area contributed by atoms with Crippen molar-refractivity contribution in [2.45, 2.75) is 49.6 Å². The molecule has 0 amide bonds. The standard InChI is InChI=1S/C21H24FN5O2S/c1-15-3-11-19(12-4-15)30(28,29)27-18(10-14-21-23-24-25-26(21)2)9-13-20(27)16-5-7-17(22)8-6-16/h3-8,11-12,18,20H,9-10,13-14H2,1-2H3. The average Bonchev–Trinajstić information content (AvgIpc) is 3.33. The highest BCUT2D eigenvalue weighted by Crippen LogP contribution is 2.42. The summed E-state index contributed by atoms with van der Waals surface area (Å²) in [6, 6.07) is 12.5. The van der Waals surface area contributed by atoms with Crippen LogP contribution in [-0.4, -0.2) is 39.0 Å². The van der Waals surface area contributed by atoms with Crippen LogP contribution >= 0.6 is 0 Å². The Balaban J connectivity index is 1.68. The lowest BCUT2D eigenvalue weighted by atomic mass is 10.0. The summed E-state index contributed by atoms with van der Waals surface area (Å²) >= 11 is 0. The minimum atomic E-state index is -3.73. The smallest absolute Gasteiger partial charge is 0.233 e. The van der Waals surface area contributed by atoms with Gasteiger partial charge in [-0.25, -0.2) is 17.5 Å². The summed E-state index contributed by atoms with van der Waals surface area (Å²) in [7, 11) is -1.96. The average molecular weight is 430 g/mol. The van der Waals surface area contributed by atoms with Crippen molar-refractivity contribution in [3.8, 4) is 0 Å². The number of benzene rings is 2. The minimum Gasteiger partial charge on any atom is -0.233 e. The van der Waals surface area contributed by atoms with Crippen LogP contribution in [0.3, 0.4) is 0 Å². The van der Waals surface area contributed by atoms with Gasteiger partial charge in [0, 0.05) is 19.5 Å². The number of aryl methyl sites for hydroxylation is 3. The molecule has 0 saturated carbocycles. The molecule has 4 rings (SSSR count). The fourth-order valence-corrected chi connectivity index (χ4v) is 5.97. The van der Waals surface area contributed by atoms with E-state index < -0.39 is 10.0 Å². The molecule has 0 radical (unpaired) electrons. The summed E-state index contributed by atoms with van der Waals surface area (Å²) in [4.78, 5) is 0.271. The van der Waals surface area contributed by atoms with Crippen LogP contribution in [0.15, 0.2) is 53.4 Å². The molecule has 2 aromatic carbocycles. The summed E-state index contributed by atoms with van der Waals surface area (Å²) in [5.41, 5.74) is 1.80. The third-order valence-electron chi connectivity index (χ3n) is 5.70. The van der Waals surface area contributed by atoms with E-state index in [0.717, 1.165) is 17.5 Å². The molecule has 1 fully saturated rings. The zero-order chi connectivity index (χ0) is 21.3. The second kappa shape index (κ2) is 8.23. The number of hydrogen-bond donors (Lipinski definition) is 0. The van der Waals surface area contributed by atoms with E-state index in [1.807, 2.05) is 6.92 Å². The Kier molecular flexibility index (Phi) is 5.66. The molecule has 0 N–H and O–H groups in total. The molecule has 1 aromatic heterocycles. The summed E-state index contributed by atoms with van der Waals surface area (Å²) in [6.45, 7) is 1.92.